The third-order valence-corrected chi connectivity index (χ3v) is 3.74. The van der Waals surface area contributed by atoms with Gasteiger partial charge >= 0.3 is 0 Å². The molecule has 0 amide bonds. The van der Waals surface area contributed by atoms with Gasteiger partial charge in [-0.25, -0.2) is 4.39 Å². The van der Waals surface area contributed by atoms with Gasteiger partial charge in [0.1, 0.15) is 5.82 Å². The predicted octanol–water partition coefficient (Wildman–Crippen LogP) is 0.435. The third-order valence-electron chi connectivity index (χ3n) is 3.74. The van der Waals surface area contributed by atoms with Gasteiger partial charge in [-0.2, -0.15) is 0 Å². The lowest BCUT2D eigenvalue weighted by Gasteiger charge is -2.39. The van der Waals surface area contributed by atoms with Gasteiger partial charge in [-0.3, -0.25) is 9.80 Å². The summed E-state index contributed by atoms with van der Waals surface area (Å²) < 4.78 is 13.0. The highest BCUT2D eigenvalue weighted by Gasteiger charge is 2.23. The number of benzene rings is 1. The quantitative estimate of drug-likeness (QED) is 0.812. The zero-order valence-electron chi connectivity index (χ0n) is 11.1. The summed E-state index contributed by atoms with van der Waals surface area (Å²) in [6, 6.07) is 6.75. The molecule has 0 bridgehead atoms. The lowest BCUT2D eigenvalue weighted by atomic mass is 10.0. The molecule has 19 heavy (non-hydrogen) atoms. The van der Waals surface area contributed by atoms with Crippen molar-refractivity contribution in [2.75, 3.05) is 45.9 Å². The lowest BCUT2D eigenvalue weighted by molar-refractivity contribution is 0.0857. The molecule has 1 heterocycles. The molecule has 106 valence electrons. The van der Waals surface area contributed by atoms with Gasteiger partial charge in [0, 0.05) is 45.3 Å². The van der Waals surface area contributed by atoms with E-state index in [9.17, 15) is 4.39 Å². The van der Waals surface area contributed by atoms with Gasteiger partial charge in [0.05, 0.1) is 6.61 Å². The number of nitrogens with two attached hydrogens (primary N) is 1. The van der Waals surface area contributed by atoms with Gasteiger partial charge in [-0.15, -0.1) is 0 Å². The Morgan fingerprint density at radius 2 is 1.79 bits per heavy atom. The van der Waals surface area contributed by atoms with E-state index in [4.69, 9.17) is 10.8 Å². The average Bonchev–Trinajstić information content (AvgIpc) is 2.44. The summed E-state index contributed by atoms with van der Waals surface area (Å²) in [5, 5.41) is 8.93. The molecule has 1 unspecified atom stereocenters. The molecule has 1 aliphatic heterocycles. The van der Waals surface area contributed by atoms with Crippen LogP contribution in [0.2, 0.25) is 0 Å². The molecular weight excluding hydrogens is 245 g/mol. The maximum absolute atomic E-state index is 13.0. The number of β-amino-alcohol motifs (C(OH)–C–C–N with tert-alkyl or cyclic N) is 1. The van der Waals surface area contributed by atoms with E-state index in [-0.39, 0.29) is 18.5 Å². The van der Waals surface area contributed by atoms with Crippen LogP contribution in [0.5, 0.6) is 0 Å². The minimum Gasteiger partial charge on any atom is -0.395 e. The van der Waals surface area contributed by atoms with Gasteiger partial charge in [-0.05, 0) is 17.7 Å². The van der Waals surface area contributed by atoms with Crippen LogP contribution in [0.1, 0.15) is 11.6 Å². The number of halogens is 1. The molecule has 0 saturated carbocycles. The summed E-state index contributed by atoms with van der Waals surface area (Å²) in [5.74, 6) is -0.215. The van der Waals surface area contributed by atoms with Crippen molar-refractivity contribution in [3.8, 4) is 0 Å². The zero-order valence-corrected chi connectivity index (χ0v) is 11.1. The van der Waals surface area contributed by atoms with Gasteiger partial charge in [0.2, 0.25) is 0 Å². The van der Waals surface area contributed by atoms with E-state index < -0.39 is 0 Å². The van der Waals surface area contributed by atoms with Crippen LogP contribution >= 0.6 is 0 Å². The summed E-state index contributed by atoms with van der Waals surface area (Å²) >= 11 is 0. The topological polar surface area (TPSA) is 52.7 Å². The number of nitrogens with zero attached hydrogens (tertiary/aromatic N) is 2. The van der Waals surface area contributed by atoms with E-state index in [0.29, 0.717) is 6.54 Å². The van der Waals surface area contributed by atoms with Crippen LogP contribution in [-0.4, -0.2) is 60.8 Å². The van der Waals surface area contributed by atoms with Crippen molar-refractivity contribution < 1.29 is 9.50 Å². The summed E-state index contributed by atoms with van der Waals surface area (Å²) in [5.41, 5.74) is 6.95. The highest BCUT2D eigenvalue weighted by Crippen LogP contribution is 2.21. The maximum Gasteiger partial charge on any atom is 0.123 e. The zero-order chi connectivity index (χ0) is 13.7. The molecule has 3 N–H and O–H groups in total. The van der Waals surface area contributed by atoms with Crippen molar-refractivity contribution in [3.05, 3.63) is 35.6 Å². The number of hydrogen-bond acceptors (Lipinski definition) is 4. The van der Waals surface area contributed by atoms with Crippen LogP contribution < -0.4 is 5.73 Å². The van der Waals surface area contributed by atoms with Gasteiger partial charge in [0.15, 0.2) is 0 Å². The molecule has 0 radical (unpaired) electrons. The second-order valence-electron chi connectivity index (χ2n) is 4.90. The molecule has 4 nitrogen and oxygen atoms in total. The minimum absolute atomic E-state index is 0.150. The van der Waals surface area contributed by atoms with Crippen molar-refractivity contribution >= 4 is 0 Å². The first-order chi connectivity index (χ1) is 9.24. The summed E-state index contributed by atoms with van der Waals surface area (Å²) in [4.78, 5) is 4.58. The molecule has 1 saturated heterocycles. The molecule has 1 fully saturated rings. The fourth-order valence-corrected chi connectivity index (χ4v) is 2.62. The fourth-order valence-electron chi connectivity index (χ4n) is 2.62. The Kier molecular flexibility index (Phi) is 5.27. The van der Waals surface area contributed by atoms with Crippen LogP contribution in [0.3, 0.4) is 0 Å². The van der Waals surface area contributed by atoms with E-state index in [1.165, 1.54) is 12.1 Å². The molecule has 0 aliphatic carbocycles. The minimum atomic E-state index is -0.215. The normalized spacial score (nSPS) is 19.5. The standard InChI is InChI=1S/C14H22FN3O/c15-13-3-1-12(2-4-13)14(11-16)18-7-5-17(6-8-18)9-10-19/h1-4,14,19H,5-11,16H2. The Bertz CT molecular complexity index is 377. The fraction of sp³-hybridized carbons (Fsp3) is 0.571. The SMILES string of the molecule is NCC(c1ccc(F)cc1)N1CCN(CCO)CC1. The second kappa shape index (κ2) is 6.96. The maximum atomic E-state index is 13.0. The van der Waals surface area contributed by atoms with E-state index in [2.05, 4.69) is 9.80 Å². The Hall–Kier alpha value is -1.01. The Labute approximate surface area is 113 Å². The molecule has 2 rings (SSSR count). The van der Waals surface area contributed by atoms with Crippen molar-refractivity contribution in [1.29, 1.82) is 0 Å². The van der Waals surface area contributed by atoms with Crippen LogP contribution in [0.15, 0.2) is 24.3 Å². The first kappa shape index (κ1) is 14.4. The van der Waals surface area contributed by atoms with Crippen LogP contribution in [0.25, 0.3) is 0 Å². The predicted molar refractivity (Wildman–Crippen MR) is 73.3 cm³/mol. The van der Waals surface area contributed by atoms with E-state index in [1.807, 2.05) is 12.1 Å². The molecule has 1 atom stereocenters. The smallest absolute Gasteiger partial charge is 0.123 e. The second-order valence-corrected chi connectivity index (χ2v) is 4.90. The Morgan fingerprint density at radius 3 is 2.32 bits per heavy atom. The number of aliphatic hydroxyl groups is 1. The van der Waals surface area contributed by atoms with Gasteiger partial charge in [-0.1, -0.05) is 12.1 Å². The van der Waals surface area contributed by atoms with Crippen molar-refractivity contribution in [2.45, 2.75) is 6.04 Å². The molecular formula is C14H22FN3O. The molecule has 0 aromatic heterocycles. The number of hydrogen-bond donors (Lipinski definition) is 2. The Balaban J connectivity index is 1.97. The number of aliphatic hydroxyl groups excluding tert-OH is 1. The monoisotopic (exact) mass is 267 g/mol. The van der Waals surface area contributed by atoms with Gasteiger partial charge in [0.25, 0.3) is 0 Å². The van der Waals surface area contributed by atoms with Crippen molar-refractivity contribution in [2.24, 2.45) is 5.73 Å². The number of rotatable bonds is 5. The molecule has 5 heteroatoms. The van der Waals surface area contributed by atoms with Crippen LogP contribution in [-0.2, 0) is 0 Å². The van der Waals surface area contributed by atoms with E-state index in [1.54, 1.807) is 0 Å². The van der Waals surface area contributed by atoms with Crippen LogP contribution in [0.4, 0.5) is 4.39 Å². The van der Waals surface area contributed by atoms with Crippen LogP contribution in [0, 0.1) is 5.82 Å². The molecule has 0 spiro atoms. The largest absolute Gasteiger partial charge is 0.395 e. The summed E-state index contributed by atoms with van der Waals surface area (Å²) in [7, 11) is 0. The average molecular weight is 267 g/mol. The highest BCUT2D eigenvalue weighted by molar-refractivity contribution is 5.20. The summed E-state index contributed by atoms with van der Waals surface area (Å²) in [6.45, 7) is 5.22. The first-order valence-electron chi connectivity index (χ1n) is 6.77. The van der Waals surface area contributed by atoms with Crippen molar-refractivity contribution in [3.63, 3.8) is 0 Å². The van der Waals surface area contributed by atoms with Gasteiger partial charge < -0.3 is 10.8 Å². The lowest BCUT2D eigenvalue weighted by Crippen LogP contribution is -2.49. The number of piperazine rings is 1. The molecule has 1 aromatic carbocycles. The highest BCUT2D eigenvalue weighted by atomic mass is 19.1. The summed E-state index contributed by atoms with van der Waals surface area (Å²) in [6.07, 6.45) is 0. The molecule has 1 aromatic rings. The third kappa shape index (κ3) is 3.73. The Morgan fingerprint density at radius 1 is 1.16 bits per heavy atom. The first-order valence-corrected chi connectivity index (χ1v) is 6.77. The van der Waals surface area contributed by atoms with E-state index in [0.717, 1.165) is 38.3 Å². The van der Waals surface area contributed by atoms with E-state index >= 15 is 0 Å². The molecule has 1 aliphatic rings. The van der Waals surface area contributed by atoms with Crippen molar-refractivity contribution in [1.82, 2.24) is 9.80 Å².